The summed E-state index contributed by atoms with van der Waals surface area (Å²) in [7, 11) is -3.51. The molecule has 1 fully saturated rings. The molecule has 1 aliphatic heterocycles. The minimum Gasteiger partial charge on any atom is -0.316 e. The van der Waals surface area contributed by atoms with Gasteiger partial charge in [-0.05, 0) is 67.0 Å². The normalized spacial score (nSPS) is 15.7. The van der Waals surface area contributed by atoms with Gasteiger partial charge in [-0.3, -0.25) is 0 Å². The van der Waals surface area contributed by atoms with E-state index < -0.39 is 10.0 Å². The Bertz CT molecular complexity index is 1480. The second-order valence-corrected chi connectivity index (χ2v) is 12.7. The van der Waals surface area contributed by atoms with E-state index in [1.54, 1.807) is 27.8 Å². The Labute approximate surface area is 230 Å². The van der Waals surface area contributed by atoms with Gasteiger partial charge in [0, 0.05) is 25.0 Å². The molecule has 1 aromatic heterocycles. The predicted molar refractivity (Wildman–Crippen MR) is 156 cm³/mol. The van der Waals surface area contributed by atoms with Crippen molar-refractivity contribution in [3.63, 3.8) is 0 Å². The van der Waals surface area contributed by atoms with Crippen molar-refractivity contribution in [2.45, 2.75) is 50.5 Å². The molecular formula is C31H35N3O2S2. The first-order valence-electron chi connectivity index (χ1n) is 13.5. The lowest BCUT2D eigenvalue weighted by Gasteiger charge is -2.31. The van der Waals surface area contributed by atoms with Crippen LogP contribution in [0.15, 0.2) is 100 Å². The minimum absolute atomic E-state index is 0.368. The molecule has 3 aromatic carbocycles. The fourth-order valence-electron chi connectivity index (χ4n) is 5.04. The Morgan fingerprint density at radius 3 is 2.21 bits per heavy atom. The van der Waals surface area contributed by atoms with E-state index in [0.717, 1.165) is 60.4 Å². The van der Waals surface area contributed by atoms with Crippen LogP contribution in [0.25, 0.3) is 11.3 Å². The van der Waals surface area contributed by atoms with Crippen LogP contribution in [0.3, 0.4) is 0 Å². The van der Waals surface area contributed by atoms with Gasteiger partial charge in [-0.1, -0.05) is 74.0 Å². The highest BCUT2D eigenvalue weighted by molar-refractivity contribution is 7.89. The van der Waals surface area contributed by atoms with Gasteiger partial charge in [0.15, 0.2) is 4.80 Å². The van der Waals surface area contributed by atoms with Crippen LogP contribution in [0.4, 0.5) is 5.69 Å². The van der Waals surface area contributed by atoms with Gasteiger partial charge in [-0.25, -0.2) is 13.4 Å². The average molecular weight is 546 g/mol. The standard InChI is InChI=1S/C31H35N3O2S2/c1-2-3-20-34-30(24-37-31(34)32-28-12-8-5-9-13-28)27-14-16-29(17-15-27)38(35,36)33-21-18-26(19-22-33)23-25-10-6-4-7-11-25/h4-17,24,26H,2-3,18-23H2,1H3. The number of hydrogen-bond donors (Lipinski definition) is 0. The first kappa shape index (κ1) is 26.6. The van der Waals surface area contributed by atoms with Gasteiger partial charge < -0.3 is 4.57 Å². The van der Waals surface area contributed by atoms with Crippen LogP contribution >= 0.6 is 11.3 Å². The number of para-hydroxylation sites is 1. The van der Waals surface area contributed by atoms with E-state index >= 15 is 0 Å². The van der Waals surface area contributed by atoms with Gasteiger partial charge in [0.25, 0.3) is 0 Å². The molecule has 0 spiro atoms. The van der Waals surface area contributed by atoms with Crippen LogP contribution in [-0.2, 0) is 23.0 Å². The van der Waals surface area contributed by atoms with Crippen molar-refractivity contribution in [1.82, 2.24) is 8.87 Å². The zero-order valence-corrected chi connectivity index (χ0v) is 23.5. The molecule has 5 rings (SSSR count). The van der Waals surface area contributed by atoms with Crippen molar-refractivity contribution < 1.29 is 8.42 Å². The fraction of sp³-hybridized carbons (Fsp3) is 0.323. The van der Waals surface area contributed by atoms with Crippen LogP contribution in [0.2, 0.25) is 0 Å². The molecule has 38 heavy (non-hydrogen) atoms. The third kappa shape index (κ3) is 6.17. The molecule has 7 heteroatoms. The molecule has 198 valence electrons. The number of benzene rings is 3. The van der Waals surface area contributed by atoms with Crippen LogP contribution in [0, 0.1) is 5.92 Å². The maximum absolute atomic E-state index is 13.4. The first-order chi connectivity index (χ1) is 18.5. The molecule has 4 aromatic rings. The van der Waals surface area contributed by atoms with E-state index in [2.05, 4.69) is 41.1 Å². The second-order valence-electron chi connectivity index (χ2n) is 9.92. The van der Waals surface area contributed by atoms with Crippen molar-refractivity contribution >= 4 is 27.0 Å². The fourth-order valence-corrected chi connectivity index (χ4v) is 7.47. The highest BCUT2D eigenvalue weighted by Gasteiger charge is 2.29. The van der Waals surface area contributed by atoms with Gasteiger partial charge >= 0.3 is 0 Å². The van der Waals surface area contributed by atoms with Gasteiger partial charge in [-0.2, -0.15) is 4.31 Å². The zero-order valence-electron chi connectivity index (χ0n) is 21.9. The monoisotopic (exact) mass is 545 g/mol. The lowest BCUT2D eigenvalue weighted by Crippen LogP contribution is -2.38. The van der Waals surface area contributed by atoms with Crippen LogP contribution < -0.4 is 4.80 Å². The Balaban J connectivity index is 1.32. The first-order valence-corrected chi connectivity index (χ1v) is 15.8. The summed E-state index contributed by atoms with van der Waals surface area (Å²) in [4.78, 5) is 6.19. The van der Waals surface area contributed by atoms with Crippen LogP contribution in [-0.4, -0.2) is 30.4 Å². The van der Waals surface area contributed by atoms with Crippen molar-refractivity contribution in [3.05, 3.63) is 101 Å². The highest BCUT2D eigenvalue weighted by Crippen LogP contribution is 2.28. The third-order valence-corrected chi connectivity index (χ3v) is 10.0. The largest absolute Gasteiger partial charge is 0.316 e. The van der Waals surface area contributed by atoms with Gasteiger partial charge in [0.05, 0.1) is 16.3 Å². The number of sulfonamides is 1. The molecule has 0 radical (unpaired) electrons. The van der Waals surface area contributed by atoms with Crippen molar-refractivity contribution in [1.29, 1.82) is 0 Å². The predicted octanol–water partition coefficient (Wildman–Crippen LogP) is 6.89. The van der Waals surface area contributed by atoms with E-state index in [0.29, 0.717) is 23.9 Å². The Hall–Kier alpha value is -3.00. The Morgan fingerprint density at radius 1 is 0.895 bits per heavy atom. The molecule has 0 aliphatic carbocycles. The maximum Gasteiger partial charge on any atom is 0.243 e. The summed E-state index contributed by atoms with van der Waals surface area (Å²) in [6, 6.07) is 27.9. The zero-order chi connectivity index (χ0) is 26.4. The smallest absolute Gasteiger partial charge is 0.243 e. The summed E-state index contributed by atoms with van der Waals surface area (Å²) >= 11 is 1.62. The van der Waals surface area contributed by atoms with Crippen molar-refractivity contribution in [2.24, 2.45) is 10.9 Å². The van der Waals surface area contributed by atoms with Gasteiger partial charge in [0.1, 0.15) is 0 Å². The summed E-state index contributed by atoms with van der Waals surface area (Å²) in [5.74, 6) is 0.527. The number of aromatic nitrogens is 1. The minimum atomic E-state index is -3.51. The van der Waals surface area contributed by atoms with E-state index in [9.17, 15) is 8.42 Å². The lowest BCUT2D eigenvalue weighted by molar-refractivity contribution is 0.273. The quantitative estimate of drug-likeness (QED) is 0.230. The molecular weight excluding hydrogens is 510 g/mol. The topological polar surface area (TPSA) is 54.7 Å². The molecule has 0 N–H and O–H groups in total. The van der Waals surface area contributed by atoms with Crippen molar-refractivity contribution in [3.8, 4) is 11.3 Å². The summed E-state index contributed by atoms with van der Waals surface area (Å²) in [5, 5.41) is 2.12. The Morgan fingerprint density at radius 2 is 1.55 bits per heavy atom. The van der Waals surface area contributed by atoms with Crippen molar-refractivity contribution in [2.75, 3.05) is 13.1 Å². The maximum atomic E-state index is 13.4. The summed E-state index contributed by atoms with van der Waals surface area (Å²) < 4.78 is 30.8. The number of unbranched alkanes of at least 4 members (excludes halogenated alkanes) is 1. The molecule has 2 heterocycles. The number of rotatable bonds is 9. The highest BCUT2D eigenvalue weighted by atomic mass is 32.2. The molecule has 1 aliphatic rings. The molecule has 0 amide bonds. The van der Waals surface area contributed by atoms with Crippen LogP contribution in [0.1, 0.15) is 38.2 Å². The molecule has 0 saturated carbocycles. The number of hydrogen-bond acceptors (Lipinski definition) is 4. The second kappa shape index (κ2) is 12.2. The third-order valence-electron chi connectivity index (χ3n) is 7.24. The van der Waals surface area contributed by atoms with Crippen LogP contribution in [0.5, 0.6) is 0 Å². The molecule has 5 nitrogen and oxygen atoms in total. The number of piperidine rings is 1. The summed E-state index contributed by atoms with van der Waals surface area (Å²) in [6.45, 7) is 4.21. The van der Waals surface area contributed by atoms with Gasteiger partial charge in [-0.15, -0.1) is 11.3 Å². The average Bonchev–Trinajstić information content (AvgIpc) is 3.35. The lowest BCUT2D eigenvalue weighted by atomic mass is 9.91. The van der Waals surface area contributed by atoms with E-state index in [-0.39, 0.29) is 0 Å². The molecule has 1 saturated heterocycles. The van der Waals surface area contributed by atoms with E-state index in [4.69, 9.17) is 4.99 Å². The molecule has 0 bridgehead atoms. The summed E-state index contributed by atoms with van der Waals surface area (Å²) in [5.41, 5.74) is 4.34. The molecule has 0 unspecified atom stereocenters. The number of nitrogens with zero attached hydrogens (tertiary/aromatic N) is 3. The molecule has 0 atom stereocenters. The number of thiazole rings is 1. The van der Waals surface area contributed by atoms with Gasteiger partial charge in [0.2, 0.25) is 10.0 Å². The SMILES string of the molecule is CCCCn1c(-c2ccc(S(=O)(=O)N3CCC(Cc4ccccc4)CC3)cc2)csc1=Nc1ccccc1. The summed E-state index contributed by atoms with van der Waals surface area (Å²) in [6.07, 6.45) is 4.95. The van der Waals surface area contributed by atoms with E-state index in [1.807, 2.05) is 48.5 Å². The Kier molecular flexibility index (Phi) is 8.57. The van der Waals surface area contributed by atoms with E-state index in [1.165, 1.54) is 5.56 Å².